The third-order valence-electron chi connectivity index (χ3n) is 4.82. The summed E-state index contributed by atoms with van der Waals surface area (Å²) in [6.07, 6.45) is 4.72. The summed E-state index contributed by atoms with van der Waals surface area (Å²) in [6, 6.07) is 3.61. The Kier molecular flexibility index (Phi) is 6.12. The maximum absolute atomic E-state index is 13.9. The first-order valence-corrected chi connectivity index (χ1v) is 11.5. The average molecular weight is 413 g/mol. The minimum absolute atomic E-state index is 0.00599. The molecule has 0 atom stereocenters. The fourth-order valence-corrected chi connectivity index (χ4v) is 5.05. The van der Waals surface area contributed by atoms with E-state index in [9.17, 15) is 12.8 Å². The van der Waals surface area contributed by atoms with Crippen LogP contribution in [0, 0.1) is 12.9 Å². The van der Waals surface area contributed by atoms with Gasteiger partial charge in [0.2, 0.25) is 16.0 Å². The summed E-state index contributed by atoms with van der Waals surface area (Å²) in [7, 11) is -3.23. The fraction of sp³-hybridized carbons (Fsp3) is 0.556. The Balaban J connectivity index is 1.60. The molecule has 2 aromatic rings. The lowest BCUT2D eigenvalue weighted by atomic mass is 9.92. The van der Waals surface area contributed by atoms with Gasteiger partial charge in [-0.2, -0.15) is 4.39 Å². The summed E-state index contributed by atoms with van der Waals surface area (Å²) in [6.45, 7) is 5.29. The quantitative estimate of drug-likeness (QED) is 0.707. The van der Waals surface area contributed by atoms with Crippen LogP contribution in [-0.2, 0) is 10.0 Å². The summed E-state index contributed by atoms with van der Waals surface area (Å²) < 4.78 is 40.7. The molecule has 1 aliphatic carbocycles. The largest absolute Gasteiger partial charge is 0.359 e. The maximum Gasteiger partial charge on any atom is 0.222 e. The Labute approximate surface area is 163 Å². The smallest absolute Gasteiger partial charge is 0.222 e. The molecule has 2 aromatic heterocycles. The number of rotatable bonds is 6. The van der Waals surface area contributed by atoms with Gasteiger partial charge < -0.3 is 5.32 Å². The predicted molar refractivity (Wildman–Crippen MR) is 107 cm³/mol. The lowest BCUT2D eigenvalue weighted by molar-refractivity contribution is 0.386. The number of hydrogen-bond donors (Lipinski definition) is 2. The second-order valence-corrected chi connectivity index (χ2v) is 10.6. The summed E-state index contributed by atoms with van der Waals surface area (Å²) in [5.74, 6) is -0.518. The standard InChI is InChI=1S/C18H25FN4O2S2/c1-11(2)27(24,25)23-14-8-6-13(7-9-14)21-18-22-16(12(3)26-18)15-5-4-10-20-17(15)19/h4-5,10-11,13-14,23H,6-9H2,1-3H3,(H,21,22). The third-order valence-corrected chi connectivity index (χ3v) is 7.62. The monoisotopic (exact) mass is 412 g/mol. The molecule has 2 N–H and O–H groups in total. The lowest BCUT2D eigenvalue weighted by Gasteiger charge is -2.29. The Morgan fingerprint density at radius 2 is 1.89 bits per heavy atom. The highest BCUT2D eigenvalue weighted by Gasteiger charge is 2.27. The highest BCUT2D eigenvalue weighted by molar-refractivity contribution is 7.90. The molecule has 0 radical (unpaired) electrons. The second-order valence-electron chi connectivity index (χ2n) is 7.17. The van der Waals surface area contributed by atoms with Crippen LogP contribution in [0.25, 0.3) is 11.3 Å². The van der Waals surface area contributed by atoms with Crippen LogP contribution in [-0.4, -0.2) is 35.7 Å². The van der Waals surface area contributed by atoms with Gasteiger partial charge in [-0.3, -0.25) is 0 Å². The molecular formula is C18H25FN4O2S2. The van der Waals surface area contributed by atoms with Crippen molar-refractivity contribution in [2.45, 2.75) is 63.8 Å². The summed E-state index contributed by atoms with van der Waals surface area (Å²) in [4.78, 5) is 9.18. The molecule has 3 rings (SSSR count). The molecule has 0 bridgehead atoms. The molecule has 2 heterocycles. The number of aromatic nitrogens is 2. The van der Waals surface area contributed by atoms with E-state index in [0.717, 1.165) is 35.7 Å². The molecule has 1 saturated carbocycles. The van der Waals surface area contributed by atoms with Crippen LogP contribution in [0.2, 0.25) is 0 Å². The van der Waals surface area contributed by atoms with Gasteiger partial charge in [-0.15, -0.1) is 11.3 Å². The van der Waals surface area contributed by atoms with Crippen LogP contribution in [0.5, 0.6) is 0 Å². The maximum atomic E-state index is 13.9. The Morgan fingerprint density at radius 3 is 2.52 bits per heavy atom. The number of nitrogens with one attached hydrogen (secondary N) is 2. The summed E-state index contributed by atoms with van der Waals surface area (Å²) in [5, 5.41) is 3.77. The van der Waals surface area contributed by atoms with Crippen LogP contribution in [0.3, 0.4) is 0 Å². The van der Waals surface area contributed by atoms with Crippen molar-refractivity contribution in [1.29, 1.82) is 0 Å². The Bertz CT molecular complexity index is 891. The zero-order valence-electron chi connectivity index (χ0n) is 15.7. The zero-order chi connectivity index (χ0) is 19.6. The highest BCUT2D eigenvalue weighted by atomic mass is 32.2. The molecule has 9 heteroatoms. The number of pyridine rings is 1. The normalized spacial score (nSPS) is 20.8. The minimum atomic E-state index is -3.23. The Hall–Kier alpha value is -1.58. The second kappa shape index (κ2) is 8.20. The van der Waals surface area contributed by atoms with Crippen molar-refractivity contribution >= 4 is 26.5 Å². The van der Waals surface area contributed by atoms with E-state index < -0.39 is 21.2 Å². The van der Waals surface area contributed by atoms with Crippen molar-refractivity contribution in [1.82, 2.24) is 14.7 Å². The molecule has 0 unspecified atom stereocenters. The number of halogens is 1. The molecule has 27 heavy (non-hydrogen) atoms. The van der Waals surface area contributed by atoms with Gasteiger partial charge in [0.25, 0.3) is 0 Å². The average Bonchev–Trinajstić information content (AvgIpc) is 2.97. The number of sulfonamides is 1. The number of thiazole rings is 1. The molecular weight excluding hydrogens is 387 g/mol. The van der Waals surface area contributed by atoms with Gasteiger partial charge in [0.1, 0.15) is 0 Å². The molecule has 0 aromatic carbocycles. The highest BCUT2D eigenvalue weighted by Crippen LogP contribution is 2.33. The Morgan fingerprint density at radius 1 is 1.22 bits per heavy atom. The van der Waals surface area contributed by atoms with E-state index in [1.807, 2.05) is 6.92 Å². The van der Waals surface area contributed by atoms with E-state index in [0.29, 0.717) is 11.3 Å². The SMILES string of the molecule is Cc1sc(NC2CCC(NS(=O)(=O)C(C)C)CC2)nc1-c1cccnc1F. The van der Waals surface area contributed by atoms with E-state index in [4.69, 9.17) is 0 Å². The van der Waals surface area contributed by atoms with Crippen molar-refractivity contribution in [2.24, 2.45) is 0 Å². The summed E-state index contributed by atoms with van der Waals surface area (Å²) in [5.41, 5.74) is 1.03. The number of anilines is 1. The van der Waals surface area contributed by atoms with E-state index in [-0.39, 0.29) is 12.1 Å². The van der Waals surface area contributed by atoms with Gasteiger partial charge in [0.05, 0.1) is 16.5 Å². The predicted octanol–water partition coefficient (Wildman–Crippen LogP) is 3.70. The third kappa shape index (κ3) is 4.83. The molecule has 0 spiro atoms. The molecule has 0 saturated heterocycles. The van der Waals surface area contributed by atoms with Crippen LogP contribution in [0.15, 0.2) is 18.3 Å². The van der Waals surface area contributed by atoms with E-state index in [1.165, 1.54) is 17.5 Å². The molecule has 0 amide bonds. The first kappa shape index (κ1) is 20.2. The molecule has 148 valence electrons. The number of aryl methyl sites for hydroxylation is 1. The van der Waals surface area contributed by atoms with Crippen molar-refractivity contribution in [3.05, 3.63) is 29.2 Å². The molecule has 6 nitrogen and oxygen atoms in total. The van der Waals surface area contributed by atoms with Gasteiger partial charge in [-0.1, -0.05) is 0 Å². The van der Waals surface area contributed by atoms with Crippen LogP contribution in [0.1, 0.15) is 44.4 Å². The van der Waals surface area contributed by atoms with Crippen LogP contribution >= 0.6 is 11.3 Å². The topological polar surface area (TPSA) is 84.0 Å². The van der Waals surface area contributed by atoms with E-state index in [2.05, 4.69) is 20.0 Å². The minimum Gasteiger partial charge on any atom is -0.359 e. The zero-order valence-corrected chi connectivity index (χ0v) is 17.3. The van der Waals surface area contributed by atoms with Gasteiger partial charge in [-0.05, 0) is 58.6 Å². The number of nitrogens with zero attached hydrogens (tertiary/aromatic N) is 2. The van der Waals surface area contributed by atoms with Crippen molar-refractivity contribution in [2.75, 3.05) is 5.32 Å². The first-order valence-electron chi connectivity index (χ1n) is 9.12. The first-order chi connectivity index (χ1) is 12.8. The van der Waals surface area contributed by atoms with E-state index >= 15 is 0 Å². The van der Waals surface area contributed by atoms with Crippen LogP contribution in [0.4, 0.5) is 9.52 Å². The van der Waals surface area contributed by atoms with Crippen LogP contribution < -0.4 is 10.0 Å². The summed E-state index contributed by atoms with van der Waals surface area (Å²) >= 11 is 1.50. The molecule has 1 fully saturated rings. The number of hydrogen-bond acceptors (Lipinski definition) is 6. The van der Waals surface area contributed by atoms with Gasteiger partial charge >= 0.3 is 0 Å². The molecule has 1 aliphatic rings. The van der Waals surface area contributed by atoms with Crippen molar-refractivity contribution in [3.8, 4) is 11.3 Å². The van der Waals surface area contributed by atoms with Gasteiger partial charge in [0, 0.05) is 23.2 Å². The van der Waals surface area contributed by atoms with Gasteiger partial charge in [0.15, 0.2) is 5.13 Å². The van der Waals surface area contributed by atoms with Crippen molar-refractivity contribution in [3.63, 3.8) is 0 Å². The van der Waals surface area contributed by atoms with Crippen molar-refractivity contribution < 1.29 is 12.8 Å². The fourth-order valence-electron chi connectivity index (χ4n) is 3.17. The molecule has 0 aliphatic heterocycles. The van der Waals surface area contributed by atoms with E-state index in [1.54, 1.807) is 26.0 Å². The lowest BCUT2D eigenvalue weighted by Crippen LogP contribution is -2.42. The van der Waals surface area contributed by atoms with Gasteiger partial charge in [-0.25, -0.2) is 23.1 Å².